The Morgan fingerprint density at radius 1 is 0.0385 bits per heavy atom. The summed E-state index contributed by atoms with van der Waals surface area (Å²) in [6, 6.07) is 0. The van der Waals surface area contributed by atoms with E-state index in [1.54, 1.807) is 0 Å². The molecule has 30 nitrogen and oxygen atoms in total. The summed E-state index contributed by atoms with van der Waals surface area (Å²) in [5.41, 5.74) is 0. The second kappa shape index (κ2) is 1640. The maximum atomic E-state index is 2.75. The van der Waals surface area contributed by atoms with Gasteiger partial charge in [-0.05, 0) is 423 Å². The molecule has 0 saturated carbocycles. The van der Waals surface area contributed by atoms with Crippen LogP contribution in [0, 0.1) is 0 Å². The van der Waals surface area contributed by atoms with Crippen LogP contribution >= 0.6 is 496 Å². The van der Waals surface area contributed by atoms with Crippen LogP contribution in [0.25, 0.3) is 0 Å². The van der Waals surface area contributed by atoms with Gasteiger partial charge in [0.15, 0.2) is 0 Å². The van der Waals surface area contributed by atoms with E-state index >= 15 is 0 Å². The van der Waals surface area contributed by atoms with Gasteiger partial charge in [0, 0.05) is 0 Å². The van der Waals surface area contributed by atoms with Gasteiger partial charge in [0.25, 0.3) is 0 Å². The van der Waals surface area contributed by atoms with Gasteiger partial charge in [0.05, 0.1) is 0 Å². The van der Waals surface area contributed by atoms with E-state index in [9.17, 15) is 0 Å². The topological polar surface area (TPSA) is 361 Å². The van der Waals surface area contributed by atoms with Crippen molar-refractivity contribution >= 4 is 496 Å². The smallest absolute Gasteiger partial charge is 0.0167 e. The first-order valence-corrected chi connectivity index (χ1v) is 30.0. The fraction of sp³-hybridized carbons (Fsp3) is 1.00. The molecular weight excluding hydrogens is 2560 g/mol. The predicted octanol–water partition coefficient (Wildman–Crippen LogP) is 11.9. The average molecular weight is 2810 g/mol. The summed E-state index contributed by atoms with van der Waals surface area (Å²) in [4.78, 5) is 0. The summed E-state index contributed by atoms with van der Waals surface area (Å²) >= 11 is 0. The van der Waals surface area contributed by atoms with Gasteiger partial charge < -0.3 is 160 Å². The van der Waals surface area contributed by atoms with Gasteiger partial charge in [-0.1, -0.05) is 0 Å². The third-order valence-electron chi connectivity index (χ3n) is 0. The van der Waals surface area contributed by atoms with Gasteiger partial charge in [0.2, 0.25) is 0 Å². The monoisotopic (exact) mass is 2790 g/mol. The molecule has 0 aliphatic rings. The van der Waals surface area contributed by atoms with Crippen LogP contribution in [0.4, 0.5) is 0 Å². The van der Waals surface area contributed by atoms with E-state index in [0.29, 0.717) is 0 Å². The minimum atomic E-state index is 0. The van der Waals surface area contributed by atoms with Gasteiger partial charge in [0.1, 0.15) is 0 Å². The van der Waals surface area contributed by atoms with Gasteiger partial charge in [-0.3, -0.25) is 0 Å². The van der Waals surface area contributed by atoms with Crippen molar-refractivity contribution in [3.05, 3.63) is 0 Å². The largest absolute Gasteiger partial charge is 0.323 e. The molecule has 0 bridgehead atoms. The van der Waals surface area contributed by atoms with Crippen LogP contribution in [0.1, 0.15) is 0 Å². The molecule has 0 rings (SSSR count). The number of rotatable bonds is 0. The maximum Gasteiger partial charge on any atom is -0.0167 e. The zero-order valence-corrected chi connectivity index (χ0v) is 124. The van der Waals surface area contributed by atoms with E-state index in [-0.39, 0.29) is 496 Å². The summed E-state index contributed by atoms with van der Waals surface area (Å²) in [5, 5.41) is 82.5. The number of hydrogen-bond donors (Lipinski definition) is 30. The first kappa shape index (κ1) is 550. The lowest BCUT2D eigenvalue weighted by Gasteiger charge is -1.59. The van der Waals surface area contributed by atoms with Crippen molar-refractivity contribution in [1.82, 2.24) is 160 Å². The van der Waals surface area contributed by atoms with Crippen molar-refractivity contribution in [1.29, 1.82) is 0 Å². The third-order valence-corrected chi connectivity index (χ3v) is 0. The van der Waals surface area contributed by atoms with Crippen LogP contribution in [0.15, 0.2) is 0 Å². The Morgan fingerprint density at radius 3 is 0.0385 bits per heavy atom. The fourth-order valence-corrected chi connectivity index (χ4v) is 0. The van der Waals surface area contributed by atoms with Gasteiger partial charge in [-0.15, -0.1) is 496 Å². The molecule has 0 aromatic rings. The van der Waals surface area contributed by atoms with E-state index in [2.05, 4.69) is 160 Å². The van der Waals surface area contributed by atoms with Crippen molar-refractivity contribution in [3.63, 3.8) is 0 Å². The number of hydrogen-bond acceptors (Lipinski definition) is 30. The van der Waals surface area contributed by atoms with Crippen molar-refractivity contribution in [2.24, 2.45) is 0 Å². The van der Waals surface area contributed by atoms with Crippen LogP contribution in [0.2, 0.25) is 0 Å². The lowest BCUT2D eigenvalue weighted by atomic mass is 11.3. The minimum Gasteiger partial charge on any atom is -0.323 e. The summed E-state index contributed by atoms with van der Waals surface area (Å²) in [6.07, 6.45) is 0. The van der Waals surface area contributed by atoms with E-state index < -0.39 is 0 Å². The van der Waals surface area contributed by atoms with E-state index in [0.717, 1.165) is 0 Å². The Balaban J connectivity index is -0.00000000417. The van der Waals surface area contributed by atoms with E-state index in [1.165, 1.54) is 0 Å². The molecular formula is C60H250Cl40N30. The molecule has 0 spiro atoms. The molecule has 0 heterocycles. The molecule has 0 atom stereocenters. The highest BCUT2D eigenvalue weighted by Crippen LogP contribution is 1.08. The molecule has 0 aromatic carbocycles. The standard InChI is InChI=1S/30C2H7N.40ClH/c30*1-3-2;;;;;;;;;;;;;;;;;;;;;;;;;;;;;;;;;;;;;;;;/h30*3H,1-2H3;40*1H. The second-order valence-corrected chi connectivity index (χ2v) is 15.0. The maximum absolute atomic E-state index is 2.75. The SMILES string of the molecule is CNC.CNC.CNC.CNC.CNC.CNC.CNC.CNC.CNC.CNC.CNC.CNC.CNC.CNC.CNC.CNC.CNC.CNC.CNC.CNC.CNC.CNC.CNC.CNC.CNC.CNC.CNC.CNC.CNC.CNC.Cl.Cl.Cl.Cl.Cl.Cl.Cl.Cl.Cl.Cl.Cl.Cl.Cl.Cl.Cl.Cl.Cl.Cl.Cl.Cl.Cl.Cl.Cl.Cl.Cl.Cl.Cl.Cl.Cl.Cl.Cl.Cl.Cl.Cl.Cl.Cl.Cl.Cl.Cl.Cl. The Hall–Kier alpha value is 10.4. The molecule has 0 fully saturated rings. The molecule has 920 valence electrons. The minimum absolute atomic E-state index is 0. The molecule has 0 radical (unpaired) electrons. The van der Waals surface area contributed by atoms with E-state index in [1.807, 2.05) is 423 Å². The predicted molar refractivity (Wildman–Crippen MR) is 739 cm³/mol. The van der Waals surface area contributed by atoms with Crippen molar-refractivity contribution in [2.45, 2.75) is 0 Å². The highest BCUT2D eigenvalue weighted by molar-refractivity contribution is 5.89. The van der Waals surface area contributed by atoms with Crippen molar-refractivity contribution in [3.8, 4) is 0 Å². The number of nitrogens with one attached hydrogen (secondary N) is 30. The Labute approximate surface area is 1070 Å². The summed E-state index contributed by atoms with van der Waals surface area (Å²) in [5.74, 6) is 0. The van der Waals surface area contributed by atoms with Crippen LogP contribution in [-0.4, -0.2) is 423 Å². The summed E-state index contributed by atoms with van der Waals surface area (Å²) in [6.45, 7) is 0. The number of halogens is 40. The quantitative estimate of drug-likeness (QED) is 0.107. The van der Waals surface area contributed by atoms with Gasteiger partial charge in [-0.25, -0.2) is 0 Å². The molecule has 0 amide bonds. The van der Waals surface area contributed by atoms with Gasteiger partial charge in [-0.2, -0.15) is 0 Å². The Morgan fingerprint density at radius 2 is 0.0385 bits per heavy atom. The molecule has 70 heteroatoms. The normalized spacial score (nSPS) is 4.15. The van der Waals surface area contributed by atoms with Gasteiger partial charge >= 0.3 is 0 Å². The third kappa shape index (κ3) is 24200. The summed E-state index contributed by atoms with van der Waals surface area (Å²) in [7, 11) is 112. The first-order chi connectivity index (χ1) is 42.4. The van der Waals surface area contributed by atoms with Crippen molar-refractivity contribution < 1.29 is 0 Å². The molecule has 30 N–H and O–H groups in total. The Bertz CT molecular complexity index is 346. The molecule has 130 heavy (non-hydrogen) atoms. The second-order valence-electron chi connectivity index (χ2n) is 15.0. The van der Waals surface area contributed by atoms with Crippen LogP contribution < -0.4 is 160 Å². The Kier molecular flexibility index (Phi) is 6930. The highest BCUT2D eigenvalue weighted by atomic mass is 35.5. The average Bonchev–Trinajstić information content (AvgIpc) is 3.41. The van der Waals surface area contributed by atoms with Crippen LogP contribution in [0.5, 0.6) is 0 Å². The van der Waals surface area contributed by atoms with Crippen LogP contribution in [-0.2, 0) is 0 Å². The molecule has 0 aromatic heterocycles. The van der Waals surface area contributed by atoms with E-state index in [4.69, 9.17) is 0 Å². The zero-order valence-electron chi connectivity index (χ0n) is 91.3. The zero-order chi connectivity index (χ0) is 81.2. The molecule has 0 unspecified atom stereocenters. The molecule has 0 saturated heterocycles. The molecule has 0 aliphatic heterocycles. The lowest BCUT2D eigenvalue weighted by Crippen LogP contribution is -1.89. The molecule has 0 aliphatic carbocycles. The first-order valence-electron chi connectivity index (χ1n) is 30.0. The summed E-state index contributed by atoms with van der Waals surface area (Å²) < 4.78 is 0. The van der Waals surface area contributed by atoms with Crippen LogP contribution in [0.3, 0.4) is 0 Å². The lowest BCUT2D eigenvalue weighted by molar-refractivity contribution is 1.02. The highest BCUT2D eigenvalue weighted by Gasteiger charge is 1.34. The fourth-order valence-electron chi connectivity index (χ4n) is 0. The van der Waals surface area contributed by atoms with Crippen molar-refractivity contribution in [2.75, 3.05) is 423 Å².